The molecule has 8 nitrogen and oxygen atoms in total. The lowest BCUT2D eigenvalue weighted by Crippen LogP contribution is -2.27. The SMILES string of the molecule is COc1cc2cc(CN3CCCC3c3nonc3C)c(=O)[nH]c2cc1OC. The smallest absolute Gasteiger partial charge is 0.252 e. The third-order valence-electron chi connectivity index (χ3n) is 5.17. The van der Waals surface area contributed by atoms with Crippen LogP contribution in [0, 0.1) is 6.92 Å². The first-order valence-corrected chi connectivity index (χ1v) is 8.91. The van der Waals surface area contributed by atoms with E-state index in [0.29, 0.717) is 23.6 Å². The van der Waals surface area contributed by atoms with Crippen molar-refractivity contribution in [1.29, 1.82) is 0 Å². The molecule has 0 spiro atoms. The number of rotatable bonds is 5. The highest BCUT2D eigenvalue weighted by molar-refractivity contribution is 5.83. The van der Waals surface area contributed by atoms with Crippen LogP contribution >= 0.6 is 0 Å². The summed E-state index contributed by atoms with van der Waals surface area (Å²) < 4.78 is 15.6. The molecule has 1 N–H and O–H groups in total. The van der Waals surface area contributed by atoms with Crippen LogP contribution in [0.5, 0.6) is 11.5 Å². The summed E-state index contributed by atoms with van der Waals surface area (Å²) in [6, 6.07) is 5.69. The van der Waals surface area contributed by atoms with Crippen LogP contribution in [0.15, 0.2) is 27.6 Å². The van der Waals surface area contributed by atoms with Gasteiger partial charge in [-0.2, -0.15) is 0 Å². The van der Waals surface area contributed by atoms with Gasteiger partial charge in [0.05, 0.1) is 25.8 Å². The minimum absolute atomic E-state index is 0.102. The Labute approximate surface area is 156 Å². The first kappa shape index (κ1) is 17.5. The molecule has 1 saturated heterocycles. The summed E-state index contributed by atoms with van der Waals surface area (Å²) in [6.07, 6.45) is 2.03. The molecule has 0 bridgehead atoms. The number of pyridine rings is 1. The van der Waals surface area contributed by atoms with Gasteiger partial charge in [0.15, 0.2) is 11.5 Å². The Balaban J connectivity index is 1.68. The zero-order chi connectivity index (χ0) is 19.0. The van der Waals surface area contributed by atoms with Gasteiger partial charge in [-0.15, -0.1) is 0 Å². The standard InChI is InChI=1S/C19H22N4O4/c1-11-18(22-27-21-11)15-5-4-6-23(15)10-13-7-12-8-16(25-2)17(26-3)9-14(12)20-19(13)24/h7-9,15H,4-6,10H2,1-3H3,(H,20,24). The van der Waals surface area contributed by atoms with E-state index in [1.165, 1.54) is 0 Å². The van der Waals surface area contributed by atoms with E-state index in [1.807, 2.05) is 19.1 Å². The van der Waals surface area contributed by atoms with E-state index in [9.17, 15) is 4.79 Å². The molecule has 3 heterocycles. The van der Waals surface area contributed by atoms with E-state index in [4.69, 9.17) is 14.1 Å². The Morgan fingerprint density at radius 1 is 1.22 bits per heavy atom. The van der Waals surface area contributed by atoms with Gasteiger partial charge in [-0.25, -0.2) is 4.63 Å². The number of H-pyrrole nitrogens is 1. The van der Waals surface area contributed by atoms with Crippen molar-refractivity contribution in [3.8, 4) is 11.5 Å². The maximum Gasteiger partial charge on any atom is 0.252 e. The van der Waals surface area contributed by atoms with Crippen LogP contribution in [-0.4, -0.2) is 41.0 Å². The minimum Gasteiger partial charge on any atom is -0.493 e. The number of nitrogens with zero attached hydrogens (tertiary/aromatic N) is 3. The van der Waals surface area contributed by atoms with Crippen LogP contribution < -0.4 is 15.0 Å². The second-order valence-electron chi connectivity index (χ2n) is 6.78. The summed E-state index contributed by atoms with van der Waals surface area (Å²) in [7, 11) is 3.17. The van der Waals surface area contributed by atoms with Gasteiger partial charge in [0.1, 0.15) is 11.4 Å². The van der Waals surface area contributed by atoms with Crippen molar-refractivity contribution in [3.05, 3.63) is 45.5 Å². The van der Waals surface area contributed by atoms with Crippen LogP contribution in [-0.2, 0) is 6.54 Å². The second kappa shape index (κ2) is 7.03. The van der Waals surface area contributed by atoms with Crippen LogP contribution in [0.2, 0.25) is 0 Å². The summed E-state index contributed by atoms with van der Waals surface area (Å²) >= 11 is 0. The molecule has 1 aromatic carbocycles. The van der Waals surface area contributed by atoms with Gasteiger partial charge in [-0.1, -0.05) is 10.3 Å². The second-order valence-corrected chi connectivity index (χ2v) is 6.78. The molecule has 1 fully saturated rings. The number of nitrogens with one attached hydrogen (secondary N) is 1. The predicted molar refractivity (Wildman–Crippen MR) is 99.1 cm³/mol. The molecule has 2 aromatic heterocycles. The molecule has 0 amide bonds. The Morgan fingerprint density at radius 2 is 2.00 bits per heavy atom. The molecular formula is C19H22N4O4. The summed E-state index contributed by atoms with van der Waals surface area (Å²) in [5.74, 6) is 1.22. The van der Waals surface area contributed by atoms with E-state index in [-0.39, 0.29) is 11.6 Å². The third kappa shape index (κ3) is 3.16. The number of benzene rings is 1. The predicted octanol–water partition coefficient (Wildman–Crippen LogP) is 2.57. The Morgan fingerprint density at radius 3 is 2.70 bits per heavy atom. The summed E-state index contributed by atoms with van der Waals surface area (Å²) in [6.45, 7) is 3.34. The van der Waals surface area contributed by atoms with Gasteiger partial charge in [-0.3, -0.25) is 9.69 Å². The van der Waals surface area contributed by atoms with Crippen LogP contribution in [0.25, 0.3) is 10.9 Å². The van der Waals surface area contributed by atoms with Crippen LogP contribution in [0.1, 0.15) is 35.8 Å². The van der Waals surface area contributed by atoms with E-state index < -0.39 is 0 Å². The van der Waals surface area contributed by atoms with E-state index in [0.717, 1.165) is 41.7 Å². The zero-order valence-electron chi connectivity index (χ0n) is 15.6. The van der Waals surface area contributed by atoms with Crippen molar-refractivity contribution in [3.63, 3.8) is 0 Å². The highest BCUT2D eigenvalue weighted by Gasteiger charge is 2.30. The van der Waals surface area contributed by atoms with Gasteiger partial charge < -0.3 is 14.5 Å². The maximum atomic E-state index is 12.6. The average Bonchev–Trinajstić information content (AvgIpc) is 3.29. The molecule has 0 radical (unpaired) electrons. The van der Waals surface area contributed by atoms with Gasteiger partial charge in [0.2, 0.25) is 0 Å². The van der Waals surface area contributed by atoms with E-state index in [1.54, 1.807) is 20.3 Å². The normalized spacial score (nSPS) is 17.5. The maximum absolute atomic E-state index is 12.6. The summed E-state index contributed by atoms with van der Waals surface area (Å²) in [5.41, 5.74) is 2.98. The lowest BCUT2D eigenvalue weighted by atomic mass is 10.1. The van der Waals surface area contributed by atoms with Crippen molar-refractivity contribution in [2.24, 2.45) is 0 Å². The summed E-state index contributed by atoms with van der Waals surface area (Å²) in [5, 5.41) is 8.85. The molecule has 0 saturated carbocycles. The number of likely N-dealkylation sites (tertiary alicyclic amines) is 1. The van der Waals surface area contributed by atoms with E-state index in [2.05, 4.69) is 20.2 Å². The molecule has 0 aliphatic carbocycles. The highest BCUT2D eigenvalue weighted by atomic mass is 16.6. The Hall–Kier alpha value is -2.87. The number of hydrogen-bond donors (Lipinski definition) is 1. The topological polar surface area (TPSA) is 93.5 Å². The molecule has 142 valence electrons. The van der Waals surface area contributed by atoms with Crippen molar-refractivity contribution < 1.29 is 14.1 Å². The molecular weight excluding hydrogens is 348 g/mol. The third-order valence-corrected chi connectivity index (χ3v) is 5.17. The molecule has 1 aliphatic heterocycles. The lowest BCUT2D eigenvalue weighted by molar-refractivity contribution is 0.230. The largest absolute Gasteiger partial charge is 0.493 e. The van der Waals surface area contributed by atoms with Crippen molar-refractivity contribution >= 4 is 10.9 Å². The first-order chi connectivity index (χ1) is 13.1. The van der Waals surface area contributed by atoms with Gasteiger partial charge in [-0.05, 0) is 38.4 Å². The molecule has 1 unspecified atom stereocenters. The van der Waals surface area contributed by atoms with E-state index >= 15 is 0 Å². The monoisotopic (exact) mass is 370 g/mol. The zero-order valence-corrected chi connectivity index (χ0v) is 15.6. The lowest BCUT2D eigenvalue weighted by Gasteiger charge is -2.22. The number of fused-ring (bicyclic) bond motifs is 1. The fourth-order valence-corrected chi connectivity index (χ4v) is 3.78. The van der Waals surface area contributed by atoms with Crippen molar-refractivity contribution in [1.82, 2.24) is 20.2 Å². The molecule has 4 rings (SSSR count). The molecule has 8 heteroatoms. The quantitative estimate of drug-likeness (QED) is 0.738. The van der Waals surface area contributed by atoms with Gasteiger partial charge >= 0.3 is 0 Å². The minimum atomic E-state index is -0.102. The highest BCUT2D eigenvalue weighted by Crippen LogP contribution is 2.34. The molecule has 27 heavy (non-hydrogen) atoms. The number of aromatic amines is 1. The first-order valence-electron chi connectivity index (χ1n) is 8.91. The number of methoxy groups -OCH3 is 2. The van der Waals surface area contributed by atoms with Crippen LogP contribution in [0.4, 0.5) is 0 Å². The number of hydrogen-bond acceptors (Lipinski definition) is 7. The fourth-order valence-electron chi connectivity index (χ4n) is 3.78. The van der Waals surface area contributed by atoms with Gasteiger partial charge in [0.25, 0.3) is 5.56 Å². The van der Waals surface area contributed by atoms with Crippen molar-refractivity contribution in [2.75, 3.05) is 20.8 Å². The number of ether oxygens (including phenoxy) is 2. The number of aryl methyl sites for hydroxylation is 1. The van der Waals surface area contributed by atoms with Gasteiger partial charge in [0, 0.05) is 23.6 Å². The Kier molecular flexibility index (Phi) is 4.57. The molecule has 1 atom stereocenters. The van der Waals surface area contributed by atoms with Crippen molar-refractivity contribution in [2.45, 2.75) is 32.4 Å². The molecule has 3 aromatic rings. The molecule has 1 aliphatic rings. The Bertz CT molecular complexity index is 1030. The average molecular weight is 370 g/mol. The number of aromatic nitrogens is 3. The summed E-state index contributed by atoms with van der Waals surface area (Å²) in [4.78, 5) is 17.8. The van der Waals surface area contributed by atoms with Crippen LogP contribution in [0.3, 0.4) is 0 Å². The fraction of sp³-hybridized carbons (Fsp3) is 0.421.